The number of hydrogen-bond acceptors (Lipinski definition) is 3. The first-order chi connectivity index (χ1) is 7.86. The summed E-state index contributed by atoms with van der Waals surface area (Å²) in [6, 6.07) is 0. The van der Waals surface area contributed by atoms with Crippen LogP contribution < -0.4 is 5.32 Å². The third-order valence-electron chi connectivity index (χ3n) is 4.75. The highest BCUT2D eigenvalue weighted by atomic mass is 32.2. The standard InChI is InChI=1S/C13H20N2S/c1-2-9(1)11-7-14-12(16-11)15-8-13(5-6-13)10-3-4-10/h9-11H,1-8H2,(H,14,15). The molecule has 4 aliphatic rings. The van der Waals surface area contributed by atoms with E-state index >= 15 is 0 Å². The Balaban J connectivity index is 1.28. The molecule has 88 valence electrons. The lowest BCUT2D eigenvalue weighted by Gasteiger charge is -2.15. The van der Waals surface area contributed by atoms with Crippen LogP contribution in [0.1, 0.15) is 38.5 Å². The molecule has 0 aromatic carbocycles. The summed E-state index contributed by atoms with van der Waals surface area (Å²) in [6.07, 6.45) is 8.82. The minimum absolute atomic E-state index is 0.709. The van der Waals surface area contributed by atoms with Crippen molar-refractivity contribution in [1.82, 2.24) is 5.32 Å². The van der Waals surface area contributed by atoms with E-state index < -0.39 is 0 Å². The lowest BCUT2D eigenvalue weighted by molar-refractivity contribution is 0.435. The minimum Gasteiger partial charge on any atom is -0.364 e. The van der Waals surface area contributed by atoms with Crippen molar-refractivity contribution < 1.29 is 0 Å². The summed E-state index contributed by atoms with van der Waals surface area (Å²) in [5.41, 5.74) is 0.709. The first kappa shape index (κ1) is 9.81. The molecule has 0 radical (unpaired) electrons. The van der Waals surface area contributed by atoms with Gasteiger partial charge in [-0.1, -0.05) is 11.8 Å². The average Bonchev–Trinajstić information content (AvgIpc) is 3.10. The predicted molar refractivity (Wildman–Crippen MR) is 68.8 cm³/mol. The van der Waals surface area contributed by atoms with E-state index in [0.717, 1.165) is 23.6 Å². The number of amidine groups is 1. The molecule has 0 bridgehead atoms. The molecule has 0 saturated heterocycles. The molecular weight excluding hydrogens is 216 g/mol. The predicted octanol–water partition coefficient (Wildman–Crippen LogP) is 2.65. The molecule has 3 saturated carbocycles. The van der Waals surface area contributed by atoms with E-state index in [1.807, 2.05) is 11.8 Å². The SMILES string of the molecule is C1CC1C1CN=C(NCC2(C3CC3)CC2)S1. The quantitative estimate of drug-likeness (QED) is 0.811. The van der Waals surface area contributed by atoms with Gasteiger partial charge in [0.2, 0.25) is 0 Å². The Labute approximate surface area is 102 Å². The molecule has 1 N–H and O–H groups in total. The van der Waals surface area contributed by atoms with Crippen molar-refractivity contribution >= 4 is 16.9 Å². The molecule has 16 heavy (non-hydrogen) atoms. The van der Waals surface area contributed by atoms with E-state index in [9.17, 15) is 0 Å². The van der Waals surface area contributed by atoms with Crippen LogP contribution >= 0.6 is 11.8 Å². The Morgan fingerprint density at radius 2 is 2.06 bits per heavy atom. The van der Waals surface area contributed by atoms with Gasteiger partial charge in [-0.15, -0.1) is 0 Å². The minimum atomic E-state index is 0.709. The van der Waals surface area contributed by atoms with Gasteiger partial charge in [0.05, 0.1) is 6.54 Å². The van der Waals surface area contributed by atoms with Gasteiger partial charge >= 0.3 is 0 Å². The van der Waals surface area contributed by atoms with Crippen LogP contribution in [0.15, 0.2) is 4.99 Å². The summed E-state index contributed by atoms with van der Waals surface area (Å²) < 4.78 is 0. The number of rotatable bonds is 4. The lowest BCUT2D eigenvalue weighted by atomic mass is 10.0. The smallest absolute Gasteiger partial charge is 0.156 e. The van der Waals surface area contributed by atoms with E-state index in [0.29, 0.717) is 5.41 Å². The third kappa shape index (κ3) is 1.77. The maximum Gasteiger partial charge on any atom is 0.156 e. The number of nitrogens with zero attached hydrogens (tertiary/aromatic N) is 1. The molecule has 0 amide bonds. The molecule has 3 aliphatic carbocycles. The Morgan fingerprint density at radius 1 is 1.25 bits per heavy atom. The van der Waals surface area contributed by atoms with Crippen molar-refractivity contribution in [2.24, 2.45) is 22.2 Å². The second kappa shape index (κ2) is 3.41. The summed E-state index contributed by atoms with van der Waals surface area (Å²) in [5.74, 6) is 2.05. The van der Waals surface area contributed by atoms with Crippen LogP contribution in [0.3, 0.4) is 0 Å². The van der Waals surface area contributed by atoms with Crippen LogP contribution in [0.25, 0.3) is 0 Å². The Bertz CT molecular complexity index is 327. The summed E-state index contributed by atoms with van der Waals surface area (Å²) in [7, 11) is 0. The second-order valence-electron chi connectivity index (χ2n) is 6.13. The fourth-order valence-electron chi connectivity index (χ4n) is 3.04. The normalized spacial score (nSPS) is 36.0. The van der Waals surface area contributed by atoms with Gasteiger partial charge < -0.3 is 5.32 Å². The highest BCUT2D eigenvalue weighted by Gasteiger charge is 2.53. The van der Waals surface area contributed by atoms with Gasteiger partial charge in [0.25, 0.3) is 0 Å². The zero-order valence-corrected chi connectivity index (χ0v) is 10.6. The van der Waals surface area contributed by atoms with Crippen LogP contribution in [0.2, 0.25) is 0 Å². The number of nitrogens with one attached hydrogen (secondary N) is 1. The molecule has 1 aliphatic heterocycles. The van der Waals surface area contributed by atoms with Crippen molar-refractivity contribution in [1.29, 1.82) is 0 Å². The average molecular weight is 236 g/mol. The summed E-state index contributed by atoms with van der Waals surface area (Å²) in [5, 5.41) is 5.70. The molecule has 2 nitrogen and oxygen atoms in total. The monoisotopic (exact) mass is 236 g/mol. The summed E-state index contributed by atoms with van der Waals surface area (Å²) >= 11 is 2.02. The van der Waals surface area contributed by atoms with Crippen molar-refractivity contribution in [3.8, 4) is 0 Å². The van der Waals surface area contributed by atoms with Gasteiger partial charge in [-0.2, -0.15) is 0 Å². The van der Waals surface area contributed by atoms with E-state index in [4.69, 9.17) is 0 Å². The largest absolute Gasteiger partial charge is 0.364 e. The lowest BCUT2D eigenvalue weighted by Crippen LogP contribution is -2.28. The van der Waals surface area contributed by atoms with Crippen LogP contribution in [0, 0.1) is 17.3 Å². The Kier molecular flexibility index (Phi) is 2.09. The van der Waals surface area contributed by atoms with E-state index in [-0.39, 0.29) is 0 Å². The number of hydrogen-bond donors (Lipinski definition) is 1. The first-order valence-corrected chi connectivity index (χ1v) is 7.69. The molecule has 3 fully saturated rings. The Hall–Kier alpha value is -0.180. The van der Waals surface area contributed by atoms with Crippen LogP contribution in [-0.4, -0.2) is 23.5 Å². The molecule has 0 aromatic heterocycles. The number of aliphatic imine (C=N–C) groups is 1. The molecule has 1 heterocycles. The van der Waals surface area contributed by atoms with Crippen molar-refractivity contribution in [2.75, 3.05) is 13.1 Å². The Morgan fingerprint density at radius 3 is 2.69 bits per heavy atom. The van der Waals surface area contributed by atoms with Crippen LogP contribution in [0.4, 0.5) is 0 Å². The molecule has 0 spiro atoms. The fraction of sp³-hybridized carbons (Fsp3) is 0.923. The molecule has 4 rings (SSSR count). The van der Waals surface area contributed by atoms with Crippen molar-refractivity contribution in [2.45, 2.75) is 43.8 Å². The molecule has 3 heteroatoms. The third-order valence-corrected chi connectivity index (χ3v) is 6.09. The van der Waals surface area contributed by atoms with Crippen molar-refractivity contribution in [3.63, 3.8) is 0 Å². The molecule has 0 aromatic rings. The zero-order valence-electron chi connectivity index (χ0n) is 9.74. The highest BCUT2D eigenvalue weighted by Crippen LogP contribution is 2.60. The molecule has 1 atom stereocenters. The van der Waals surface area contributed by atoms with Gasteiger partial charge in [-0.3, -0.25) is 4.99 Å². The van der Waals surface area contributed by atoms with Gasteiger partial charge in [0.1, 0.15) is 0 Å². The highest BCUT2D eigenvalue weighted by molar-refractivity contribution is 8.14. The maximum absolute atomic E-state index is 4.66. The number of thioether (sulfide) groups is 1. The van der Waals surface area contributed by atoms with Crippen LogP contribution in [0.5, 0.6) is 0 Å². The van der Waals surface area contributed by atoms with Gasteiger partial charge in [0.15, 0.2) is 5.17 Å². The molecular formula is C13H20N2S. The van der Waals surface area contributed by atoms with E-state index in [2.05, 4.69) is 10.3 Å². The van der Waals surface area contributed by atoms with Gasteiger partial charge in [-0.25, -0.2) is 0 Å². The molecule has 1 unspecified atom stereocenters. The summed E-state index contributed by atoms with van der Waals surface area (Å²) in [6.45, 7) is 2.29. The van der Waals surface area contributed by atoms with Crippen LogP contribution in [-0.2, 0) is 0 Å². The zero-order chi connectivity index (χ0) is 10.6. The second-order valence-corrected chi connectivity index (χ2v) is 7.36. The van der Waals surface area contributed by atoms with Crippen molar-refractivity contribution in [3.05, 3.63) is 0 Å². The topological polar surface area (TPSA) is 24.4 Å². The maximum atomic E-state index is 4.66. The van der Waals surface area contributed by atoms with Gasteiger partial charge in [0, 0.05) is 11.8 Å². The first-order valence-electron chi connectivity index (χ1n) is 6.81. The van der Waals surface area contributed by atoms with E-state index in [1.54, 1.807) is 0 Å². The van der Waals surface area contributed by atoms with Gasteiger partial charge in [-0.05, 0) is 55.8 Å². The fourth-order valence-corrected chi connectivity index (χ4v) is 4.24. The summed E-state index contributed by atoms with van der Waals surface area (Å²) in [4.78, 5) is 4.66. The van der Waals surface area contributed by atoms with E-state index in [1.165, 1.54) is 50.2 Å².